The van der Waals surface area contributed by atoms with Gasteiger partial charge in [0, 0.05) is 6.54 Å². The van der Waals surface area contributed by atoms with Gasteiger partial charge >= 0.3 is 5.97 Å². The van der Waals surface area contributed by atoms with Gasteiger partial charge in [0.05, 0.1) is 11.6 Å². The molecule has 1 unspecified atom stereocenters. The third-order valence-corrected chi connectivity index (χ3v) is 4.13. The van der Waals surface area contributed by atoms with Crippen LogP contribution in [0.5, 0.6) is 0 Å². The lowest BCUT2D eigenvalue weighted by molar-refractivity contribution is -0.146. The van der Waals surface area contributed by atoms with Crippen LogP contribution in [0.1, 0.15) is 18.4 Å². The van der Waals surface area contributed by atoms with E-state index in [1.807, 2.05) is 11.0 Å². The first-order valence-corrected chi connectivity index (χ1v) is 6.67. The number of benzene rings is 1. The van der Waals surface area contributed by atoms with Gasteiger partial charge in [-0.25, -0.2) is 4.39 Å². The third-order valence-electron chi connectivity index (χ3n) is 3.24. The Morgan fingerprint density at radius 3 is 3.11 bits per heavy atom. The fourth-order valence-electron chi connectivity index (χ4n) is 2.31. The fourth-order valence-corrected chi connectivity index (χ4v) is 2.70. The van der Waals surface area contributed by atoms with Crippen molar-refractivity contribution in [2.24, 2.45) is 0 Å². The van der Waals surface area contributed by atoms with Gasteiger partial charge in [-0.1, -0.05) is 12.1 Å². The molecule has 0 spiro atoms. The number of carbonyl (C=O) groups is 1. The number of hydrogen-bond donors (Lipinski definition) is 0. The van der Waals surface area contributed by atoms with E-state index in [1.54, 1.807) is 6.07 Å². The van der Waals surface area contributed by atoms with Crippen molar-refractivity contribution >= 4 is 21.9 Å². The second-order valence-electron chi connectivity index (χ2n) is 4.36. The van der Waals surface area contributed by atoms with Crippen LogP contribution in [0.4, 0.5) is 4.39 Å². The molecule has 0 aliphatic carbocycles. The molecular weight excluding hydrogens is 301 g/mol. The van der Waals surface area contributed by atoms with Gasteiger partial charge < -0.3 is 4.74 Å². The number of rotatable bonds is 3. The molecule has 1 aromatic carbocycles. The van der Waals surface area contributed by atoms with Crippen molar-refractivity contribution in [3.8, 4) is 0 Å². The minimum absolute atomic E-state index is 0.204. The summed E-state index contributed by atoms with van der Waals surface area (Å²) in [4.78, 5) is 13.6. The van der Waals surface area contributed by atoms with E-state index in [-0.39, 0.29) is 17.8 Å². The zero-order chi connectivity index (χ0) is 13.1. The van der Waals surface area contributed by atoms with Crippen molar-refractivity contribution in [1.82, 2.24) is 4.90 Å². The highest BCUT2D eigenvalue weighted by Crippen LogP contribution is 2.26. The van der Waals surface area contributed by atoms with Crippen LogP contribution in [0.25, 0.3) is 0 Å². The zero-order valence-electron chi connectivity index (χ0n) is 10.2. The first-order valence-electron chi connectivity index (χ1n) is 5.88. The van der Waals surface area contributed by atoms with Crippen molar-refractivity contribution in [2.45, 2.75) is 25.4 Å². The monoisotopic (exact) mass is 315 g/mol. The highest BCUT2D eigenvalue weighted by atomic mass is 79.9. The lowest BCUT2D eigenvalue weighted by atomic mass is 10.2. The van der Waals surface area contributed by atoms with Crippen molar-refractivity contribution in [1.29, 1.82) is 0 Å². The van der Waals surface area contributed by atoms with Crippen LogP contribution in [0.3, 0.4) is 0 Å². The van der Waals surface area contributed by atoms with Gasteiger partial charge in [-0.3, -0.25) is 9.69 Å². The standard InChI is InChI=1S/C13H15BrFNO2/c1-18-13(17)11-6-3-7-16(11)8-9-4-2-5-10(15)12(9)14/h2,4-5,11H,3,6-8H2,1H3. The molecule has 1 atom stereocenters. The maximum atomic E-state index is 13.4. The summed E-state index contributed by atoms with van der Waals surface area (Å²) < 4.78 is 18.7. The quantitative estimate of drug-likeness (QED) is 0.803. The SMILES string of the molecule is COC(=O)C1CCCN1Cc1cccc(F)c1Br. The molecular formula is C13H15BrFNO2. The van der Waals surface area contributed by atoms with Crippen molar-refractivity contribution < 1.29 is 13.9 Å². The first kappa shape index (κ1) is 13.5. The van der Waals surface area contributed by atoms with Crippen LogP contribution < -0.4 is 0 Å². The summed E-state index contributed by atoms with van der Waals surface area (Å²) in [6.45, 7) is 1.39. The Labute approximate surface area is 114 Å². The predicted octanol–water partition coefficient (Wildman–Crippen LogP) is 2.73. The third kappa shape index (κ3) is 2.72. The molecule has 2 rings (SSSR count). The Balaban J connectivity index is 2.13. The van der Waals surface area contributed by atoms with Gasteiger partial charge in [0.25, 0.3) is 0 Å². The van der Waals surface area contributed by atoms with Crippen LogP contribution in [0.2, 0.25) is 0 Å². The molecule has 0 aromatic heterocycles. The molecule has 98 valence electrons. The fraction of sp³-hybridized carbons (Fsp3) is 0.462. The second-order valence-corrected chi connectivity index (χ2v) is 5.16. The van der Waals surface area contributed by atoms with E-state index in [9.17, 15) is 9.18 Å². The number of likely N-dealkylation sites (tertiary alicyclic amines) is 1. The first-order chi connectivity index (χ1) is 8.63. The summed E-state index contributed by atoms with van der Waals surface area (Å²) in [7, 11) is 1.40. The topological polar surface area (TPSA) is 29.5 Å². The highest BCUT2D eigenvalue weighted by molar-refractivity contribution is 9.10. The number of halogens is 2. The molecule has 18 heavy (non-hydrogen) atoms. The van der Waals surface area contributed by atoms with E-state index in [0.717, 1.165) is 24.9 Å². The predicted molar refractivity (Wildman–Crippen MR) is 69.5 cm³/mol. The van der Waals surface area contributed by atoms with Gasteiger partial charge in [0.1, 0.15) is 11.9 Å². The largest absolute Gasteiger partial charge is 0.468 e. The van der Waals surface area contributed by atoms with E-state index in [1.165, 1.54) is 13.2 Å². The van der Waals surface area contributed by atoms with Crippen molar-refractivity contribution in [2.75, 3.05) is 13.7 Å². The minimum Gasteiger partial charge on any atom is -0.468 e. The van der Waals surface area contributed by atoms with E-state index in [0.29, 0.717) is 11.0 Å². The summed E-state index contributed by atoms with van der Waals surface area (Å²) in [6.07, 6.45) is 1.77. The highest BCUT2D eigenvalue weighted by Gasteiger charge is 2.31. The van der Waals surface area contributed by atoms with E-state index < -0.39 is 0 Å². The summed E-state index contributed by atoms with van der Waals surface area (Å²) in [5.41, 5.74) is 0.853. The summed E-state index contributed by atoms with van der Waals surface area (Å²) >= 11 is 3.24. The lowest BCUT2D eigenvalue weighted by Gasteiger charge is -2.22. The summed E-state index contributed by atoms with van der Waals surface area (Å²) in [6, 6.07) is 4.75. The summed E-state index contributed by atoms with van der Waals surface area (Å²) in [5.74, 6) is -0.485. The van der Waals surface area contributed by atoms with Crippen LogP contribution in [-0.4, -0.2) is 30.6 Å². The Kier molecular flexibility index (Phi) is 4.35. The average Bonchev–Trinajstić information content (AvgIpc) is 2.82. The van der Waals surface area contributed by atoms with Gasteiger partial charge in [0.15, 0.2) is 0 Å². The molecule has 1 saturated heterocycles. The van der Waals surface area contributed by atoms with Crippen molar-refractivity contribution in [3.63, 3.8) is 0 Å². The minimum atomic E-state index is -0.277. The normalized spacial score (nSPS) is 20.1. The number of hydrogen-bond acceptors (Lipinski definition) is 3. The molecule has 1 aliphatic heterocycles. The summed E-state index contributed by atoms with van der Waals surface area (Å²) in [5, 5.41) is 0. The van der Waals surface area contributed by atoms with E-state index >= 15 is 0 Å². The molecule has 3 nitrogen and oxygen atoms in total. The maximum absolute atomic E-state index is 13.4. The molecule has 5 heteroatoms. The van der Waals surface area contributed by atoms with E-state index in [2.05, 4.69) is 15.9 Å². The van der Waals surface area contributed by atoms with Crippen LogP contribution in [-0.2, 0) is 16.1 Å². The Morgan fingerprint density at radius 2 is 2.39 bits per heavy atom. The number of nitrogens with zero attached hydrogens (tertiary/aromatic N) is 1. The van der Waals surface area contributed by atoms with Gasteiger partial charge in [-0.05, 0) is 46.9 Å². The molecule has 0 bridgehead atoms. The Hall–Kier alpha value is -0.940. The number of esters is 1. The van der Waals surface area contributed by atoms with Crippen LogP contribution >= 0.6 is 15.9 Å². The van der Waals surface area contributed by atoms with Gasteiger partial charge in [0.2, 0.25) is 0 Å². The molecule has 0 N–H and O–H groups in total. The number of methoxy groups -OCH3 is 1. The molecule has 1 heterocycles. The van der Waals surface area contributed by atoms with E-state index in [4.69, 9.17) is 4.74 Å². The van der Waals surface area contributed by atoms with Crippen LogP contribution in [0, 0.1) is 5.82 Å². The smallest absolute Gasteiger partial charge is 0.323 e. The second kappa shape index (κ2) is 5.80. The number of ether oxygens (including phenoxy) is 1. The average molecular weight is 316 g/mol. The molecule has 0 amide bonds. The molecule has 0 radical (unpaired) electrons. The van der Waals surface area contributed by atoms with Crippen molar-refractivity contribution in [3.05, 3.63) is 34.1 Å². The zero-order valence-corrected chi connectivity index (χ0v) is 11.7. The van der Waals surface area contributed by atoms with Crippen LogP contribution in [0.15, 0.2) is 22.7 Å². The Morgan fingerprint density at radius 1 is 1.61 bits per heavy atom. The molecule has 0 saturated carbocycles. The molecule has 1 aliphatic rings. The lowest BCUT2D eigenvalue weighted by Crippen LogP contribution is -2.36. The Bertz CT molecular complexity index is 453. The molecule has 1 fully saturated rings. The van der Waals surface area contributed by atoms with Gasteiger partial charge in [-0.2, -0.15) is 0 Å². The maximum Gasteiger partial charge on any atom is 0.323 e. The number of carbonyl (C=O) groups excluding carboxylic acids is 1. The van der Waals surface area contributed by atoms with Gasteiger partial charge in [-0.15, -0.1) is 0 Å². The molecule has 1 aromatic rings.